The van der Waals surface area contributed by atoms with Gasteiger partial charge < -0.3 is 9.66 Å². The Morgan fingerprint density at radius 3 is 2.42 bits per heavy atom. The lowest BCUT2D eigenvalue weighted by atomic mass is 9.94. The molecule has 4 aromatic rings. The van der Waals surface area contributed by atoms with Gasteiger partial charge in [-0.1, -0.05) is 41.4 Å². The van der Waals surface area contributed by atoms with Gasteiger partial charge in [0, 0.05) is 32.7 Å². The molecule has 0 saturated heterocycles. The van der Waals surface area contributed by atoms with Crippen molar-refractivity contribution in [1.29, 1.82) is 0 Å². The highest BCUT2D eigenvalue weighted by molar-refractivity contribution is 7.90. The van der Waals surface area contributed by atoms with Crippen LogP contribution in [0.4, 0.5) is 13.2 Å². The first kappa shape index (κ1) is 29.1. The molecule has 0 spiro atoms. The lowest BCUT2D eigenvalue weighted by Gasteiger charge is -2.27. The summed E-state index contributed by atoms with van der Waals surface area (Å²) in [6.07, 6.45) is -3.62. The fourth-order valence-corrected chi connectivity index (χ4v) is 6.13. The summed E-state index contributed by atoms with van der Waals surface area (Å²) in [4.78, 5) is 9.40. The zero-order valence-corrected chi connectivity index (χ0v) is 23.9. The molecule has 2 N–H and O–H groups in total. The van der Waals surface area contributed by atoms with E-state index in [9.17, 15) is 22.8 Å². The van der Waals surface area contributed by atoms with Crippen LogP contribution in [0.25, 0.3) is 21.3 Å². The van der Waals surface area contributed by atoms with Crippen molar-refractivity contribution in [1.82, 2.24) is 14.7 Å². The number of rotatable bonds is 6. The number of aromatic nitrogens is 2. The third-order valence-electron chi connectivity index (χ3n) is 5.89. The molecule has 0 aliphatic rings. The number of hydrogen-bond acceptors (Lipinski definition) is 6. The Kier molecular flexibility index (Phi) is 8.09. The van der Waals surface area contributed by atoms with E-state index in [0.29, 0.717) is 23.2 Å². The summed E-state index contributed by atoms with van der Waals surface area (Å²) in [6.45, 7) is 6.20. The molecule has 0 amide bonds. The lowest BCUT2D eigenvalue weighted by Crippen LogP contribution is -2.41. The number of aliphatic hydroxyl groups is 1. The van der Waals surface area contributed by atoms with Crippen molar-refractivity contribution in [2.24, 2.45) is 0 Å². The second-order valence-corrected chi connectivity index (χ2v) is 13.7. The predicted molar refractivity (Wildman–Crippen MR) is 148 cm³/mol. The van der Waals surface area contributed by atoms with Gasteiger partial charge in [0.05, 0.1) is 16.4 Å². The minimum absolute atomic E-state index is 0.220. The Hall–Kier alpha value is -1.92. The van der Waals surface area contributed by atoms with Gasteiger partial charge in [-0.3, -0.25) is 4.98 Å². The first-order valence-corrected chi connectivity index (χ1v) is 14.1. The summed E-state index contributed by atoms with van der Waals surface area (Å²) in [6, 6.07) is 12.1. The van der Waals surface area contributed by atoms with E-state index in [1.165, 1.54) is 23.6 Å². The Bertz CT molecular complexity index is 1470. The largest absolute Gasteiger partial charge is 0.598 e. The van der Waals surface area contributed by atoms with Crippen LogP contribution in [0.3, 0.4) is 0 Å². The summed E-state index contributed by atoms with van der Waals surface area (Å²) in [5.41, 5.74) is -2.11. The molecular formula is C26H24Cl2F3N3O2S2. The predicted octanol–water partition coefficient (Wildman–Crippen LogP) is 7.58. The molecule has 0 fully saturated rings. The second kappa shape index (κ2) is 10.6. The summed E-state index contributed by atoms with van der Waals surface area (Å²) in [5, 5.41) is 11.5. The van der Waals surface area contributed by atoms with Gasteiger partial charge in [0.2, 0.25) is 0 Å². The van der Waals surface area contributed by atoms with Gasteiger partial charge in [-0.25, -0.2) is 4.98 Å². The molecule has 4 rings (SSSR count). The molecule has 3 aromatic heterocycles. The van der Waals surface area contributed by atoms with Crippen molar-refractivity contribution in [3.05, 3.63) is 81.0 Å². The van der Waals surface area contributed by atoms with Gasteiger partial charge in [-0.05, 0) is 69.0 Å². The standard InChI is InChI=1S/C26H24Cl2F3N3O2S2/c1-24(2,3)38(36)34-22(21-17(27)8-9-20(28)33-21)19-12-14-6-5-7-16(23(14)37-19)18-13-15(10-11-32-18)25(4,35)26(29,30)31/h5-13,22,34-35H,1-4H3/t22-,25+,38?/m0/s1. The summed E-state index contributed by atoms with van der Waals surface area (Å²) >= 11 is 12.5. The number of hydrogen-bond donors (Lipinski definition) is 2. The highest BCUT2D eigenvalue weighted by Gasteiger charge is 2.51. The number of thiophene rings is 1. The Morgan fingerprint density at radius 1 is 1.05 bits per heavy atom. The molecule has 38 heavy (non-hydrogen) atoms. The van der Waals surface area contributed by atoms with Crippen molar-refractivity contribution in [3.63, 3.8) is 0 Å². The fraction of sp³-hybridized carbons (Fsp3) is 0.308. The van der Waals surface area contributed by atoms with Crippen LogP contribution in [0, 0.1) is 0 Å². The Labute approximate surface area is 235 Å². The molecule has 12 heteroatoms. The molecule has 0 saturated carbocycles. The second-order valence-electron chi connectivity index (χ2n) is 9.81. The number of fused-ring (bicyclic) bond motifs is 1. The van der Waals surface area contributed by atoms with Crippen LogP contribution in [-0.2, 0) is 17.0 Å². The normalized spacial score (nSPS) is 15.9. The number of nitrogens with zero attached hydrogens (tertiary/aromatic N) is 2. The smallest absolute Gasteiger partial charge is 0.421 e. The van der Waals surface area contributed by atoms with Crippen LogP contribution >= 0.6 is 34.5 Å². The third-order valence-corrected chi connectivity index (χ3v) is 9.23. The molecule has 0 bridgehead atoms. The minimum Gasteiger partial charge on any atom is -0.598 e. The van der Waals surface area contributed by atoms with Gasteiger partial charge in [0.1, 0.15) is 15.9 Å². The van der Waals surface area contributed by atoms with Crippen LogP contribution < -0.4 is 4.72 Å². The van der Waals surface area contributed by atoms with Crippen molar-refractivity contribution < 1.29 is 22.8 Å². The molecule has 5 nitrogen and oxygen atoms in total. The van der Waals surface area contributed by atoms with Gasteiger partial charge in [0.25, 0.3) is 0 Å². The molecular weight excluding hydrogens is 578 g/mol. The number of halogens is 5. The molecule has 0 aliphatic heterocycles. The number of alkyl halides is 3. The molecule has 0 radical (unpaired) electrons. The maximum atomic E-state index is 13.5. The number of benzene rings is 1. The van der Waals surface area contributed by atoms with Crippen LogP contribution in [-0.4, -0.2) is 30.6 Å². The summed E-state index contributed by atoms with van der Waals surface area (Å²) in [7, 11) is 0. The van der Waals surface area contributed by atoms with E-state index in [4.69, 9.17) is 23.2 Å². The van der Waals surface area contributed by atoms with Crippen molar-refractivity contribution in [2.75, 3.05) is 0 Å². The lowest BCUT2D eigenvalue weighted by molar-refractivity contribution is -0.258. The molecule has 3 heterocycles. The molecule has 202 valence electrons. The summed E-state index contributed by atoms with van der Waals surface area (Å²) < 4.78 is 56.8. The van der Waals surface area contributed by atoms with Gasteiger partial charge >= 0.3 is 6.18 Å². The molecule has 0 aliphatic carbocycles. The first-order chi connectivity index (χ1) is 17.6. The van der Waals surface area contributed by atoms with Crippen molar-refractivity contribution in [2.45, 2.75) is 50.3 Å². The number of pyridine rings is 2. The van der Waals surface area contributed by atoms with E-state index >= 15 is 0 Å². The SMILES string of the molecule is CC(C)(C)[S+]([O-])N[C@@H](c1cc2cccc(-c3cc([C@@](C)(O)C(F)(F)F)ccn3)c2s1)c1nc(Cl)ccc1Cl. The van der Waals surface area contributed by atoms with Gasteiger partial charge in [-0.15, -0.1) is 16.1 Å². The third kappa shape index (κ3) is 5.82. The quantitative estimate of drug-likeness (QED) is 0.176. The topological polar surface area (TPSA) is 81.1 Å². The monoisotopic (exact) mass is 601 g/mol. The summed E-state index contributed by atoms with van der Waals surface area (Å²) in [5.74, 6) is 0. The zero-order chi connectivity index (χ0) is 28.0. The van der Waals surface area contributed by atoms with Crippen LogP contribution in [0.15, 0.2) is 54.7 Å². The average Bonchev–Trinajstić information content (AvgIpc) is 3.27. The average molecular weight is 603 g/mol. The molecule has 3 atom stereocenters. The van der Waals surface area contributed by atoms with Crippen LogP contribution in [0.1, 0.15) is 49.9 Å². The first-order valence-electron chi connectivity index (χ1n) is 11.4. The van der Waals surface area contributed by atoms with E-state index in [2.05, 4.69) is 14.7 Å². The van der Waals surface area contributed by atoms with Crippen LogP contribution in [0.2, 0.25) is 10.2 Å². The van der Waals surface area contributed by atoms with E-state index in [0.717, 1.165) is 21.0 Å². The Balaban J connectivity index is 1.85. The molecule has 1 unspecified atom stereocenters. The highest BCUT2D eigenvalue weighted by atomic mass is 35.5. The number of nitrogens with one attached hydrogen (secondary N) is 1. The van der Waals surface area contributed by atoms with E-state index in [1.807, 2.05) is 32.9 Å². The van der Waals surface area contributed by atoms with Crippen LogP contribution in [0.5, 0.6) is 0 Å². The Morgan fingerprint density at radius 2 is 1.76 bits per heavy atom. The highest BCUT2D eigenvalue weighted by Crippen LogP contribution is 2.42. The fourth-order valence-electron chi connectivity index (χ4n) is 3.64. The van der Waals surface area contributed by atoms with E-state index in [1.54, 1.807) is 24.3 Å². The van der Waals surface area contributed by atoms with Crippen molar-refractivity contribution >= 4 is 56.0 Å². The maximum Gasteiger partial charge on any atom is 0.421 e. The molecule has 1 aromatic carbocycles. The van der Waals surface area contributed by atoms with Crippen molar-refractivity contribution in [3.8, 4) is 11.3 Å². The zero-order valence-electron chi connectivity index (χ0n) is 20.7. The van der Waals surface area contributed by atoms with E-state index in [-0.39, 0.29) is 16.4 Å². The minimum atomic E-state index is -4.86. The van der Waals surface area contributed by atoms with Gasteiger partial charge in [0.15, 0.2) is 5.60 Å². The maximum absolute atomic E-state index is 13.5. The van der Waals surface area contributed by atoms with Gasteiger partial charge in [-0.2, -0.15) is 13.2 Å². The van der Waals surface area contributed by atoms with E-state index < -0.39 is 33.9 Å².